The highest BCUT2D eigenvalue weighted by molar-refractivity contribution is 7.89. The summed E-state index contributed by atoms with van der Waals surface area (Å²) >= 11 is 0. The van der Waals surface area contributed by atoms with Gasteiger partial charge in [-0.3, -0.25) is 5.10 Å². The zero-order valence-electron chi connectivity index (χ0n) is 12.1. The molecule has 1 aliphatic rings. The van der Waals surface area contributed by atoms with Gasteiger partial charge in [0.15, 0.2) is 5.03 Å². The normalized spacial score (nSPS) is 23.9. The lowest BCUT2D eigenvalue weighted by molar-refractivity contribution is 0.301. The Hall–Kier alpha value is -0.920. The molecular formula is C13H24N4O2S. The Morgan fingerprint density at radius 1 is 1.45 bits per heavy atom. The first kappa shape index (κ1) is 15.5. The molecular weight excluding hydrogens is 276 g/mol. The first-order chi connectivity index (χ1) is 9.47. The molecule has 6 nitrogen and oxygen atoms in total. The number of nitrogens with zero attached hydrogens (tertiary/aromatic N) is 1. The third kappa shape index (κ3) is 3.21. The molecule has 0 aromatic carbocycles. The predicted molar refractivity (Wildman–Crippen MR) is 77.6 cm³/mol. The maximum atomic E-state index is 12.4. The van der Waals surface area contributed by atoms with Crippen LogP contribution in [0.25, 0.3) is 0 Å². The van der Waals surface area contributed by atoms with E-state index in [4.69, 9.17) is 5.73 Å². The molecule has 0 bridgehead atoms. The van der Waals surface area contributed by atoms with Crippen molar-refractivity contribution in [3.05, 3.63) is 11.3 Å². The molecule has 0 saturated heterocycles. The van der Waals surface area contributed by atoms with E-state index in [9.17, 15) is 8.42 Å². The molecule has 2 unspecified atom stereocenters. The Morgan fingerprint density at radius 2 is 2.20 bits per heavy atom. The summed E-state index contributed by atoms with van der Waals surface area (Å²) in [6, 6.07) is 0.0151. The first-order valence-electron chi connectivity index (χ1n) is 7.24. The van der Waals surface area contributed by atoms with Crippen LogP contribution in [0.3, 0.4) is 0 Å². The van der Waals surface area contributed by atoms with Crippen LogP contribution in [-0.2, 0) is 16.6 Å². The van der Waals surface area contributed by atoms with Crippen LogP contribution in [0.4, 0.5) is 0 Å². The molecule has 0 spiro atoms. The maximum Gasteiger partial charge on any atom is 0.260 e. The van der Waals surface area contributed by atoms with Gasteiger partial charge in [0.1, 0.15) is 0 Å². The summed E-state index contributed by atoms with van der Waals surface area (Å²) in [7, 11) is -3.59. The number of aromatic amines is 1. The Morgan fingerprint density at radius 3 is 2.85 bits per heavy atom. The topological polar surface area (TPSA) is 101 Å². The predicted octanol–water partition coefficient (Wildman–Crippen LogP) is 1.42. The fourth-order valence-corrected chi connectivity index (χ4v) is 4.43. The summed E-state index contributed by atoms with van der Waals surface area (Å²) < 4.78 is 27.7. The fourth-order valence-electron chi connectivity index (χ4n) is 2.94. The van der Waals surface area contributed by atoms with Gasteiger partial charge < -0.3 is 5.73 Å². The second kappa shape index (κ2) is 6.24. The molecule has 1 saturated carbocycles. The monoisotopic (exact) mass is 300 g/mol. The summed E-state index contributed by atoms with van der Waals surface area (Å²) in [6.45, 7) is 4.11. The maximum absolute atomic E-state index is 12.4. The highest BCUT2D eigenvalue weighted by Gasteiger charge is 2.29. The largest absolute Gasteiger partial charge is 0.326 e. The van der Waals surface area contributed by atoms with Crippen molar-refractivity contribution < 1.29 is 8.42 Å². The van der Waals surface area contributed by atoms with E-state index in [1.165, 1.54) is 6.42 Å². The summed E-state index contributed by atoms with van der Waals surface area (Å²) in [5, 5.41) is 6.66. The van der Waals surface area contributed by atoms with E-state index in [-0.39, 0.29) is 17.6 Å². The van der Waals surface area contributed by atoms with Crippen LogP contribution in [-0.4, -0.2) is 24.7 Å². The van der Waals surface area contributed by atoms with Gasteiger partial charge in [-0.05, 0) is 25.7 Å². The third-order valence-electron chi connectivity index (χ3n) is 4.18. The smallest absolute Gasteiger partial charge is 0.260 e. The van der Waals surface area contributed by atoms with Crippen LogP contribution < -0.4 is 10.5 Å². The molecule has 7 heteroatoms. The zero-order chi connectivity index (χ0) is 14.8. The second-order valence-electron chi connectivity index (χ2n) is 5.60. The lowest BCUT2D eigenvalue weighted by Crippen LogP contribution is -2.38. The Kier molecular flexibility index (Phi) is 4.82. The fraction of sp³-hybridized carbons (Fsp3) is 0.769. The molecule has 0 radical (unpaired) electrons. The summed E-state index contributed by atoms with van der Waals surface area (Å²) in [5.74, 6) is 0.617. The number of aryl methyl sites for hydroxylation is 1. The van der Waals surface area contributed by atoms with E-state index in [1.807, 2.05) is 0 Å². The average Bonchev–Trinajstić information content (AvgIpc) is 2.80. The number of rotatable bonds is 5. The lowest BCUT2D eigenvalue weighted by atomic mass is 9.85. The van der Waals surface area contributed by atoms with Gasteiger partial charge in [0.2, 0.25) is 0 Å². The van der Waals surface area contributed by atoms with Crippen molar-refractivity contribution in [2.45, 2.75) is 63.6 Å². The highest BCUT2D eigenvalue weighted by Crippen LogP contribution is 2.27. The second-order valence-corrected chi connectivity index (χ2v) is 7.22. The number of hydrogen-bond donors (Lipinski definition) is 3. The van der Waals surface area contributed by atoms with E-state index in [0.29, 0.717) is 17.2 Å². The highest BCUT2D eigenvalue weighted by atomic mass is 32.2. The minimum atomic E-state index is -3.59. The summed E-state index contributed by atoms with van der Waals surface area (Å²) in [5.41, 5.74) is 6.90. The standard InChI is InChI=1S/C13H24N4O2S/c1-3-10-5-4-6-11(7-10)17-20(18,19)13-12(8-14)9(2)15-16-13/h10-11,17H,3-8,14H2,1-2H3,(H,15,16). The number of aromatic nitrogens is 2. The molecule has 20 heavy (non-hydrogen) atoms. The number of hydrogen-bond acceptors (Lipinski definition) is 4. The van der Waals surface area contributed by atoms with Gasteiger partial charge in [0.05, 0.1) is 0 Å². The van der Waals surface area contributed by atoms with Gasteiger partial charge in [-0.15, -0.1) is 0 Å². The van der Waals surface area contributed by atoms with Crippen molar-refractivity contribution in [1.82, 2.24) is 14.9 Å². The van der Waals surface area contributed by atoms with Crippen molar-refractivity contribution in [1.29, 1.82) is 0 Å². The number of H-pyrrole nitrogens is 1. The van der Waals surface area contributed by atoms with Gasteiger partial charge in [0.25, 0.3) is 10.0 Å². The van der Waals surface area contributed by atoms with E-state index in [0.717, 1.165) is 25.7 Å². The van der Waals surface area contributed by atoms with Crippen molar-refractivity contribution in [3.8, 4) is 0 Å². The molecule has 4 N–H and O–H groups in total. The molecule has 1 fully saturated rings. The minimum Gasteiger partial charge on any atom is -0.326 e. The van der Waals surface area contributed by atoms with Gasteiger partial charge in [0, 0.05) is 23.8 Å². The number of sulfonamides is 1. The first-order valence-corrected chi connectivity index (χ1v) is 8.72. The molecule has 1 aromatic rings. The SMILES string of the molecule is CCC1CCCC(NS(=O)(=O)c2n[nH]c(C)c2CN)C1. The number of nitrogens with two attached hydrogens (primary N) is 1. The Labute approximate surface area is 120 Å². The van der Waals surface area contributed by atoms with Crippen molar-refractivity contribution in [2.24, 2.45) is 11.7 Å². The van der Waals surface area contributed by atoms with Crippen molar-refractivity contribution in [3.63, 3.8) is 0 Å². The van der Waals surface area contributed by atoms with Crippen molar-refractivity contribution in [2.75, 3.05) is 0 Å². The zero-order valence-corrected chi connectivity index (χ0v) is 13.0. The van der Waals surface area contributed by atoms with E-state index >= 15 is 0 Å². The third-order valence-corrected chi connectivity index (χ3v) is 5.67. The molecule has 2 rings (SSSR count). The van der Waals surface area contributed by atoms with Gasteiger partial charge in [-0.2, -0.15) is 5.10 Å². The molecule has 2 atom stereocenters. The summed E-state index contributed by atoms with van der Waals surface area (Å²) in [4.78, 5) is 0. The van der Waals surface area contributed by atoms with Crippen LogP contribution in [0, 0.1) is 12.8 Å². The van der Waals surface area contributed by atoms with Crippen LogP contribution in [0.2, 0.25) is 0 Å². The minimum absolute atomic E-state index is 0.0151. The van der Waals surface area contributed by atoms with Gasteiger partial charge in [-0.25, -0.2) is 13.1 Å². The van der Waals surface area contributed by atoms with Crippen molar-refractivity contribution >= 4 is 10.0 Å². The Bertz CT molecular complexity index is 553. The van der Waals surface area contributed by atoms with Crippen LogP contribution in [0.1, 0.15) is 50.3 Å². The molecule has 1 aliphatic carbocycles. The Balaban J connectivity index is 2.14. The molecule has 114 valence electrons. The van der Waals surface area contributed by atoms with E-state index < -0.39 is 10.0 Å². The number of nitrogens with one attached hydrogen (secondary N) is 2. The molecule has 1 heterocycles. The van der Waals surface area contributed by atoms with E-state index in [2.05, 4.69) is 21.8 Å². The quantitative estimate of drug-likeness (QED) is 0.765. The van der Waals surface area contributed by atoms with Crippen LogP contribution in [0.15, 0.2) is 5.03 Å². The van der Waals surface area contributed by atoms with Crippen LogP contribution in [0.5, 0.6) is 0 Å². The molecule has 0 aliphatic heterocycles. The molecule has 1 aromatic heterocycles. The summed E-state index contributed by atoms with van der Waals surface area (Å²) in [6.07, 6.45) is 5.20. The van der Waals surface area contributed by atoms with Gasteiger partial charge >= 0.3 is 0 Å². The molecule has 0 amide bonds. The lowest BCUT2D eigenvalue weighted by Gasteiger charge is -2.28. The average molecular weight is 300 g/mol. The van der Waals surface area contributed by atoms with Crippen LogP contribution >= 0.6 is 0 Å². The van der Waals surface area contributed by atoms with Gasteiger partial charge in [-0.1, -0.05) is 26.2 Å². The van der Waals surface area contributed by atoms with E-state index in [1.54, 1.807) is 6.92 Å².